The fraction of sp³-hybridized carbons (Fsp3) is 0.667. The Kier molecular flexibility index (Phi) is 9.27. The van der Waals surface area contributed by atoms with Crippen LogP contribution in [0.2, 0.25) is 18.1 Å². The van der Waals surface area contributed by atoms with Crippen molar-refractivity contribution in [3.05, 3.63) is 48.6 Å². The zero-order chi connectivity index (χ0) is 22.4. The minimum absolute atomic E-state index is 0.0646. The van der Waals surface area contributed by atoms with E-state index in [1.54, 1.807) is 14.2 Å². The van der Waals surface area contributed by atoms with Gasteiger partial charge in [0.15, 0.2) is 8.32 Å². The van der Waals surface area contributed by atoms with Crippen LogP contribution in [0.25, 0.3) is 0 Å². The summed E-state index contributed by atoms with van der Waals surface area (Å²) < 4.78 is 31.2. The van der Waals surface area contributed by atoms with Crippen LogP contribution in [0.15, 0.2) is 43.0 Å². The van der Waals surface area contributed by atoms with Crippen LogP contribution in [0, 0.1) is 0 Å². The molecule has 1 aliphatic rings. The average Bonchev–Trinajstić information content (AvgIpc) is 2.68. The van der Waals surface area contributed by atoms with Crippen LogP contribution in [0.1, 0.15) is 32.8 Å². The van der Waals surface area contributed by atoms with E-state index in [0.29, 0.717) is 19.6 Å². The maximum atomic E-state index is 6.87. The van der Waals surface area contributed by atoms with E-state index in [2.05, 4.69) is 52.6 Å². The van der Waals surface area contributed by atoms with Gasteiger partial charge in [-0.1, -0.05) is 57.2 Å². The lowest BCUT2D eigenvalue weighted by molar-refractivity contribution is -0.246. The molecule has 1 aliphatic heterocycles. The van der Waals surface area contributed by atoms with E-state index in [1.807, 2.05) is 24.3 Å². The monoisotopic (exact) mass is 436 g/mol. The standard InChI is InChI=1S/C24H40O5Si/c1-9-13-19-21(26-6)23(27-16-18-14-11-10-12-15-18)22(20(28-19)17-25-5)29-30(7,8)24(2,3)4/h9-12,14-15,19-23H,1,13,16-17H2,2-8H3/t19-,20+,21-,22+,23+/m0/s1. The minimum Gasteiger partial charge on any atom is -0.408 e. The Balaban J connectivity index is 2.36. The molecule has 0 aliphatic carbocycles. The summed E-state index contributed by atoms with van der Waals surface area (Å²) in [7, 11) is 1.32. The smallest absolute Gasteiger partial charge is 0.192 e. The molecule has 1 fully saturated rings. The first-order valence-corrected chi connectivity index (χ1v) is 13.7. The van der Waals surface area contributed by atoms with Crippen molar-refractivity contribution >= 4 is 8.32 Å². The van der Waals surface area contributed by atoms with Crippen molar-refractivity contribution in [1.29, 1.82) is 0 Å². The maximum absolute atomic E-state index is 6.87. The summed E-state index contributed by atoms with van der Waals surface area (Å²) in [5.74, 6) is 0. The van der Waals surface area contributed by atoms with E-state index in [4.69, 9.17) is 23.4 Å². The van der Waals surface area contributed by atoms with Crippen LogP contribution in [0.5, 0.6) is 0 Å². The zero-order valence-corrected chi connectivity index (χ0v) is 20.7. The number of ether oxygens (including phenoxy) is 4. The van der Waals surface area contributed by atoms with Crippen molar-refractivity contribution < 1.29 is 23.4 Å². The summed E-state index contributed by atoms with van der Waals surface area (Å²) in [6.07, 6.45) is 1.34. The van der Waals surface area contributed by atoms with E-state index in [-0.39, 0.29) is 35.6 Å². The van der Waals surface area contributed by atoms with Crippen molar-refractivity contribution in [1.82, 2.24) is 0 Å². The Morgan fingerprint density at radius 3 is 2.23 bits per heavy atom. The summed E-state index contributed by atoms with van der Waals surface area (Å²) in [4.78, 5) is 0. The van der Waals surface area contributed by atoms with Gasteiger partial charge in [-0.15, -0.1) is 6.58 Å². The third-order valence-electron chi connectivity index (χ3n) is 6.25. The molecule has 2 rings (SSSR count). The van der Waals surface area contributed by atoms with Gasteiger partial charge in [-0.3, -0.25) is 0 Å². The Morgan fingerprint density at radius 2 is 1.70 bits per heavy atom. The zero-order valence-electron chi connectivity index (χ0n) is 19.7. The molecule has 0 N–H and O–H groups in total. The first kappa shape index (κ1) is 25.2. The highest BCUT2D eigenvalue weighted by atomic mass is 28.4. The molecule has 0 spiro atoms. The lowest BCUT2D eigenvalue weighted by Crippen LogP contribution is -2.63. The molecule has 0 bridgehead atoms. The van der Waals surface area contributed by atoms with Gasteiger partial charge in [0.05, 0.1) is 19.3 Å². The average molecular weight is 437 g/mol. The second kappa shape index (κ2) is 11.0. The molecular formula is C24H40O5Si. The Hall–Kier alpha value is -1.02. The topological polar surface area (TPSA) is 46.2 Å². The van der Waals surface area contributed by atoms with Crippen molar-refractivity contribution in [2.24, 2.45) is 0 Å². The molecule has 0 amide bonds. The van der Waals surface area contributed by atoms with Gasteiger partial charge in [-0.05, 0) is 30.1 Å². The molecule has 0 radical (unpaired) electrons. The molecule has 0 aromatic heterocycles. The second-order valence-electron chi connectivity index (χ2n) is 9.50. The van der Waals surface area contributed by atoms with Crippen molar-refractivity contribution in [2.45, 2.75) is 82.5 Å². The van der Waals surface area contributed by atoms with Crippen LogP contribution < -0.4 is 0 Å². The second-order valence-corrected chi connectivity index (χ2v) is 14.3. The summed E-state index contributed by atoms with van der Waals surface area (Å²) in [5, 5.41) is 0.0646. The predicted molar refractivity (Wildman–Crippen MR) is 123 cm³/mol. The van der Waals surface area contributed by atoms with Crippen LogP contribution in [0.4, 0.5) is 0 Å². The van der Waals surface area contributed by atoms with Gasteiger partial charge in [-0.25, -0.2) is 0 Å². The molecular weight excluding hydrogens is 396 g/mol. The SMILES string of the molecule is C=CC[C@@H]1O[C@H](COC)[C@@H](O[Si](C)(C)C(C)(C)C)[C@H](OCc2ccccc2)[C@H]1OC. The van der Waals surface area contributed by atoms with Gasteiger partial charge in [0.1, 0.15) is 24.4 Å². The molecule has 0 unspecified atom stereocenters. The molecule has 30 heavy (non-hydrogen) atoms. The fourth-order valence-electron chi connectivity index (χ4n) is 3.54. The minimum atomic E-state index is -2.09. The third kappa shape index (κ3) is 6.25. The van der Waals surface area contributed by atoms with Crippen LogP contribution in [-0.2, 0) is 30.0 Å². The summed E-state index contributed by atoms with van der Waals surface area (Å²) in [6.45, 7) is 16.0. The number of methoxy groups -OCH3 is 2. The van der Waals surface area contributed by atoms with E-state index >= 15 is 0 Å². The lowest BCUT2D eigenvalue weighted by Gasteiger charge is -2.49. The molecule has 170 valence electrons. The molecule has 5 atom stereocenters. The summed E-state index contributed by atoms with van der Waals surface area (Å²) >= 11 is 0. The first-order valence-electron chi connectivity index (χ1n) is 10.8. The third-order valence-corrected chi connectivity index (χ3v) is 10.7. The van der Waals surface area contributed by atoms with Crippen molar-refractivity contribution in [2.75, 3.05) is 20.8 Å². The quantitative estimate of drug-likeness (QED) is 0.383. The highest BCUT2D eigenvalue weighted by molar-refractivity contribution is 6.74. The van der Waals surface area contributed by atoms with Gasteiger partial charge in [-0.2, -0.15) is 0 Å². The Morgan fingerprint density at radius 1 is 1.03 bits per heavy atom. The van der Waals surface area contributed by atoms with Crippen molar-refractivity contribution in [3.63, 3.8) is 0 Å². The number of rotatable bonds is 10. The number of hydrogen-bond acceptors (Lipinski definition) is 5. The van der Waals surface area contributed by atoms with Gasteiger partial charge in [0.2, 0.25) is 0 Å². The molecule has 0 saturated carbocycles. The molecule has 5 nitrogen and oxygen atoms in total. The first-order chi connectivity index (χ1) is 14.1. The molecule has 1 aromatic rings. The van der Waals surface area contributed by atoms with Gasteiger partial charge in [0, 0.05) is 14.2 Å². The van der Waals surface area contributed by atoms with Gasteiger partial charge < -0.3 is 23.4 Å². The molecule has 1 saturated heterocycles. The van der Waals surface area contributed by atoms with Gasteiger partial charge in [0.25, 0.3) is 0 Å². The van der Waals surface area contributed by atoms with E-state index < -0.39 is 8.32 Å². The van der Waals surface area contributed by atoms with Crippen LogP contribution in [0.3, 0.4) is 0 Å². The molecule has 6 heteroatoms. The van der Waals surface area contributed by atoms with Crippen LogP contribution in [-0.4, -0.2) is 59.7 Å². The van der Waals surface area contributed by atoms with E-state index in [0.717, 1.165) is 5.56 Å². The molecule has 1 aromatic carbocycles. The number of benzene rings is 1. The van der Waals surface area contributed by atoms with Crippen LogP contribution >= 0.6 is 0 Å². The Bertz CT molecular complexity index is 643. The Labute approximate surface area is 183 Å². The summed E-state index contributed by atoms with van der Waals surface area (Å²) in [6, 6.07) is 10.2. The normalized spacial score (nSPS) is 27.8. The predicted octanol–water partition coefficient (Wildman–Crippen LogP) is 4.97. The van der Waals surface area contributed by atoms with E-state index in [9.17, 15) is 0 Å². The largest absolute Gasteiger partial charge is 0.408 e. The summed E-state index contributed by atoms with van der Waals surface area (Å²) in [5.41, 5.74) is 1.12. The highest BCUT2D eigenvalue weighted by Crippen LogP contribution is 2.40. The highest BCUT2D eigenvalue weighted by Gasteiger charge is 2.51. The van der Waals surface area contributed by atoms with Gasteiger partial charge >= 0.3 is 0 Å². The fourth-order valence-corrected chi connectivity index (χ4v) is 4.86. The maximum Gasteiger partial charge on any atom is 0.192 e. The van der Waals surface area contributed by atoms with E-state index in [1.165, 1.54) is 0 Å². The van der Waals surface area contributed by atoms with Crippen molar-refractivity contribution in [3.8, 4) is 0 Å². The lowest BCUT2D eigenvalue weighted by atomic mass is 9.93. The number of hydrogen-bond donors (Lipinski definition) is 0. The molecule has 1 heterocycles.